The fourth-order valence-electron chi connectivity index (χ4n) is 2.19. The lowest BCUT2D eigenvalue weighted by Crippen LogP contribution is -2.23. The van der Waals surface area contributed by atoms with E-state index < -0.39 is 0 Å². The summed E-state index contributed by atoms with van der Waals surface area (Å²) in [5.41, 5.74) is 7.48. The summed E-state index contributed by atoms with van der Waals surface area (Å²) in [7, 11) is 0. The first-order chi connectivity index (χ1) is 7.13. The molecule has 1 aliphatic rings. The topological polar surface area (TPSA) is 48.0 Å². The van der Waals surface area contributed by atoms with E-state index in [1.165, 1.54) is 12.8 Å². The van der Waals surface area contributed by atoms with Crippen molar-refractivity contribution in [2.75, 3.05) is 5.73 Å². The van der Waals surface area contributed by atoms with Crippen LogP contribution < -0.4 is 11.3 Å². The smallest absolute Gasteiger partial charge is 0.250 e. The standard InChI is InChI=1S/C12H18N2O/c1-3-9-6-10(9)7-14-8(2)11(13)4-5-12(14)15/h4-5,9-10H,3,6-7,13H2,1-2H3/t9-,10+/m1/s1. The number of hydrogen-bond acceptors (Lipinski definition) is 2. The first-order valence-corrected chi connectivity index (χ1v) is 5.59. The van der Waals surface area contributed by atoms with Gasteiger partial charge in [-0.1, -0.05) is 13.3 Å². The molecule has 0 aliphatic heterocycles. The predicted molar refractivity (Wildman–Crippen MR) is 61.7 cm³/mol. The number of nitrogens with two attached hydrogens (primary N) is 1. The highest BCUT2D eigenvalue weighted by Gasteiger charge is 2.35. The van der Waals surface area contributed by atoms with Crippen molar-refractivity contribution in [1.82, 2.24) is 4.57 Å². The van der Waals surface area contributed by atoms with Crippen molar-refractivity contribution in [2.45, 2.75) is 33.2 Å². The number of nitrogen functional groups attached to an aromatic ring is 1. The van der Waals surface area contributed by atoms with Crippen LogP contribution in [-0.4, -0.2) is 4.57 Å². The molecule has 0 unspecified atom stereocenters. The lowest BCUT2D eigenvalue weighted by atomic mass is 10.2. The van der Waals surface area contributed by atoms with Crippen molar-refractivity contribution in [3.8, 4) is 0 Å². The fourth-order valence-corrected chi connectivity index (χ4v) is 2.19. The molecule has 1 aromatic heterocycles. The Morgan fingerprint density at radius 3 is 2.80 bits per heavy atom. The van der Waals surface area contributed by atoms with Crippen LogP contribution in [0, 0.1) is 18.8 Å². The van der Waals surface area contributed by atoms with Crippen molar-refractivity contribution < 1.29 is 0 Å². The molecule has 3 nitrogen and oxygen atoms in total. The maximum atomic E-state index is 11.7. The largest absolute Gasteiger partial charge is 0.397 e. The quantitative estimate of drug-likeness (QED) is 0.819. The third kappa shape index (κ3) is 1.91. The molecule has 0 spiro atoms. The first-order valence-electron chi connectivity index (χ1n) is 5.59. The Bertz CT molecular complexity index is 422. The minimum atomic E-state index is 0.0726. The Morgan fingerprint density at radius 2 is 2.20 bits per heavy atom. The van der Waals surface area contributed by atoms with E-state index in [0.29, 0.717) is 11.6 Å². The second-order valence-electron chi connectivity index (χ2n) is 4.49. The zero-order chi connectivity index (χ0) is 11.0. The molecular formula is C12H18N2O. The average molecular weight is 206 g/mol. The molecule has 2 atom stereocenters. The highest BCUT2D eigenvalue weighted by atomic mass is 16.1. The van der Waals surface area contributed by atoms with Crippen LogP contribution in [0.3, 0.4) is 0 Å². The number of anilines is 1. The molecule has 1 aromatic rings. The molecule has 1 aliphatic carbocycles. The highest BCUT2D eigenvalue weighted by molar-refractivity contribution is 5.41. The molecule has 0 amide bonds. The number of nitrogens with zero attached hydrogens (tertiary/aromatic N) is 1. The Morgan fingerprint density at radius 1 is 1.47 bits per heavy atom. The fraction of sp³-hybridized carbons (Fsp3) is 0.583. The number of rotatable bonds is 3. The number of pyridine rings is 1. The normalized spacial score (nSPS) is 24.1. The third-order valence-electron chi connectivity index (χ3n) is 3.50. The Hall–Kier alpha value is -1.25. The van der Waals surface area contributed by atoms with Crippen LogP contribution in [-0.2, 0) is 6.54 Å². The van der Waals surface area contributed by atoms with Gasteiger partial charge in [0.15, 0.2) is 0 Å². The van der Waals surface area contributed by atoms with Gasteiger partial charge < -0.3 is 10.3 Å². The molecule has 0 bridgehead atoms. The molecule has 1 fully saturated rings. The summed E-state index contributed by atoms with van der Waals surface area (Å²) in [6.45, 7) is 4.97. The Balaban J connectivity index is 2.21. The third-order valence-corrected chi connectivity index (χ3v) is 3.50. The van der Waals surface area contributed by atoms with Gasteiger partial charge in [0, 0.05) is 18.3 Å². The summed E-state index contributed by atoms with van der Waals surface area (Å²) in [4.78, 5) is 11.7. The van der Waals surface area contributed by atoms with Crippen LogP contribution in [0.4, 0.5) is 5.69 Å². The van der Waals surface area contributed by atoms with E-state index >= 15 is 0 Å². The molecule has 2 N–H and O–H groups in total. The van der Waals surface area contributed by atoms with Crippen LogP contribution in [0.2, 0.25) is 0 Å². The van der Waals surface area contributed by atoms with Gasteiger partial charge in [-0.3, -0.25) is 4.79 Å². The van der Waals surface area contributed by atoms with E-state index in [0.717, 1.165) is 18.2 Å². The van der Waals surface area contributed by atoms with Crippen molar-refractivity contribution >= 4 is 5.69 Å². The van der Waals surface area contributed by atoms with Gasteiger partial charge in [-0.15, -0.1) is 0 Å². The molecule has 1 heterocycles. The molecule has 1 saturated carbocycles. The first kappa shape index (κ1) is 10.3. The van der Waals surface area contributed by atoms with E-state index in [9.17, 15) is 4.79 Å². The summed E-state index contributed by atoms with van der Waals surface area (Å²) in [6.07, 6.45) is 2.48. The zero-order valence-corrected chi connectivity index (χ0v) is 9.36. The van der Waals surface area contributed by atoms with E-state index in [4.69, 9.17) is 5.73 Å². The van der Waals surface area contributed by atoms with Gasteiger partial charge in [0.1, 0.15) is 0 Å². The molecule has 15 heavy (non-hydrogen) atoms. The summed E-state index contributed by atoms with van der Waals surface area (Å²) in [5.74, 6) is 1.51. The van der Waals surface area contributed by atoms with E-state index in [1.807, 2.05) is 11.5 Å². The van der Waals surface area contributed by atoms with Gasteiger partial charge in [0.2, 0.25) is 0 Å². The van der Waals surface area contributed by atoms with E-state index in [2.05, 4.69) is 6.92 Å². The molecular weight excluding hydrogens is 188 g/mol. The lowest BCUT2D eigenvalue weighted by Gasteiger charge is -2.11. The molecule has 82 valence electrons. The van der Waals surface area contributed by atoms with Gasteiger partial charge in [0.25, 0.3) is 5.56 Å². The van der Waals surface area contributed by atoms with Crippen LogP contribution >= 0.6 is 0 Å². The molecule has 0 radical (unpaired) electrons. The molecule has 2 rings (SSSR count). The van der Waals surface area contributed by atoms with Gasteiger partial charge in [-0.05, 0) is 31.2 Å². The van der Waals surface area contributed by atoms with Gasteiger partial charge in [-0.25, -0.2) is 0 Å². The molecule has 0 aromatic carbocycles. The van der Waals surface area contributed by atoms with Crippen LogP contribution in [0.1, 0.15) is 25.5 Å². The number of aromatic nitrogens is 1. The van der Waals surface area contributed by atoms with E-state index in [1.54, 1.807) is 12.1 Å². The second-order valence-corrected chi connectivity index (χ2v) is 4.49. The minimum Gasteiger partial charge on any atom is -0.397 e. The minimum absolute atomic E-state index is 0.0726. The Labute approximate surface area is 89.9 Å². The number of hydrogen-bond donors (Lipinski definition) is 1. The summed E-state index contributed by atoms with van der Waals surface area (Å²) < 4.78 is 1.82. The summed E-state index contributed by atoms with van der Waals surface area (Å²) in [5, 5.41) is 0. The summed E-state index contributed by atoms with van der Waals surface area (Å²) >= 11 is 0. The van der Waals surface area contributed by atoms with Crippen molar-refractivity contribution in [2.24, 2.45) is 11.8 Å². The van der Waals surface area contributed by atoms with Crippen molar-refractivity contribution in [3.05, 3.63) is 28.2 Å². The van der Waals surface area contributed by atoms with Crippen LogP contribution in [0.25, 0.3) is 0 Å². The molecule has 3 heteroatoms. The maximum absolute atomic E-state index is 11.7. The van der Waals surface area contributed by atoms with Gasteiger partial charge in [-0.2, -0.15) is 0 Å². The average Bonchev–Trinajstić information content (AvgIpc) is 2.97. The lowest BCUT2D eigenvalue weighted by molar-refractivity contribution is 0.547. The maximum Gasteiger partial charge on any atom is 0.250 e. The SMILES string of the molecule is CC[C@@H]1C[C@H]1Cn1c(C)c(N)ccc1=O. The molecule has 0 saturated heterocycles. The van der Waals surface area contributed by atoms with Gasteiger partial charge >= 0.3 is 0 Å². The van der Waals surface area contributed by atoms with Crippen molar-refractivity contribution in [1.29, 1.82) is 0 Å². The monoisotopic (exact) mass is 206 g/mol. The highest BCUT2D eigenvalue weighted by Crippen LogP contribution is 2.42. The van der Waals surface area contributed by atoms with Crippen molar-refractivity contribution in [3.63, 3.8) is 0 Å². The Kier molecular flexibility index (Phi) is 2.55. The second kappa shape index (κ2) is 3.72. The van der Waals surface area contributed by atoms with E-state index in [-0.39, 0.29) is 5.56 Å². The van der Waals surface area contributed by atoms with Crippen LogP contribution in [0.15, 0.2) is 16.9 Å². The summed E-state index contributed by atoms with van der Waals surface area (Å²) in [6, 6.07) is 3.25. The predicted octanol–water partition coefficient (Wildman–Crippen LogP) is 1.79. The van der Waals surface area contributed by atoms with Gasteiger partial charge in [0.05, 0.1) is 5.69 Å². The van der Waals surface area contributed by atoms with Crippen LogP contribution in [0.5, 0.6) is 0 Å². The zero-order valence-electron chi connectivity index (χ0n) is 9.36.